The van der Waals surface area contributed by atoms with Gasteiger partial charge in [0.05, 0.1) is 18.2 Å². The number of ether oxygens (including phenoxy) is 2. The van der Waals surface area contributed by atoms with Gasteiger partial charge in [-0.1, -0.05) is 30.6 Å². The van der Waals surface area contributed by atoms with Crippen molar-refractivity contribution < 1.29 is 23.9 Å². The van der Waals surface area contributed by atoms with Crippen LogP contribution in [0.2, 0.25) is 5.02 Å². The Morgan fingerprint density at radius 3 is 2.70 bits per heavy atom. The zero-order valence-corrected chi connectivity index (χ0v) is 13.5. The Balaban J connectivity index is 2.22. The number of carboxylic acid groups (broad SMARTS) is 1. The summed E-state index contributed by atoms with van der Waals surface area (Å²) in [6.45, 7) is 5.10. The Bertz CT molecular complexity index is 753. The van der Waals surface area contributed by atoms with Crippen LogP contribution in [-0.2, 0) is 0 Å². The third kappa shape index (κ3) is 2.86. The molecule has 0 unspecified atom stereocenters. The van der Waals surface area contributed by atoms with E-state index in [0.717, 1.165) is 12.0 Å². The molecule has 1 aromatic heterocycles. The molecule has 0 fully saturated rings. The summed E-state index contributed by atoms with van der Waals surface area (Å²) in [7, 11) is 0. The normalized spacial score (nSPS) is 13.9. The van der Waals surface area contributed by atoms with Crippen LogP contribution in [-0.4, -0.2) is 29.4 Å². The van der Waals surface area contributed by atoms with Gasteiger partial charge in [0.2, 0.25) is 0 Å². The lowest BCUT2D eigenvalue weighted by atomic mass is 9.93. The molecule has 0 saturated heterocycles. The molecule has 0 bridgehead atoms. The number of hydrogen-bond acceptors (Lipinski definition) is 5. The van der Waals surface area contributed by atoms with E-state index in [2.05, 4.69) is 5.16 Å². The van der Waals surface area contributed by atoms with E-state index < -0.39 is 5.97 Å². The second-order valence-electron chi connectivity index (χ2n) is 5.56. The van der Waals surface area contributed by atoms with Gasteiger partial charge < -0.3 is 19.1 Å². The maximum Gasteiger partial charge on any atom is 0.358 e. The molecule has 0 saturated carbocycles. The molecule has 0 aliphatic carbocycles. The molecular weight excluding hydrogens is 322 g/mol. The standard InChI is InChI=1S/C16H16ClNO5/c1-8(2)13-14(11-7-10(16(19)20)18-23-11)9(17)6-12-15(13)22-5-3-4-21-12/h6-8H,3-5H2,1-2H3,(H,19,20). The van der Waals surface area contributed by atoms with Crippen LogP contribution in [0.3, 0.4) is 0 Å². The first-order valence-electron chi connectivity index (χ1n) is 7.31. The molecule has 1 aliphatic heterocycles. The first kappa shape index (κ1) is 15.7. The minimum atomic E-state index is -1.16. The van der Waals surface area contributed by atoms with Crippen molar-refractivity contribution in [2.75, 3.05) is 13.2 Å². The summed E-state index contributed by atoms with van der Waals surface area (Å²) in [6.07, 6.45) is 0.782. The molecule has 2 aromatic rings. The van der Waals surface area contributed by atoms with Crippen LogP contribution >= 0.6 is 11.6 Å². The summed E-state index contributed by atoms with van der Waals surface area (Å²) in [5, 5.41) is 13.0. The molecule has 1 aliphatic rings. The Kier molecular flexibility index (Phi) is 4.17. The van der Waals surface area contributed by atoms with Crippen molar-refractivity contribution in [2.24, 2.45) is 0 Å². The number of hydrogen-bond donors (Lipinski definition) is 1. The third-order valence-corrected chi connectivity index (χ3v) is 3.88. The molecule has 0 spiro atoms. The summed E-state index contributed by atoms with van der Waals surface area (Å²) < 4.78 is 16.7. The Hall–Kier alpha value is -2.21. The average Bonchev–Trinajstić information content (AvgIpc) is 2.86. The molecule has 0 atom stereocenters. The van der Waals surface area contributed by atoms with Crippen molar-refractivity contribution in [3.8, 4) is 22.8 Å². The molecule has 6 nitrogen and oxygen atoms in total. The summed E-state index contributed by atoms with van der Waals surface area (Å²) in [4.78, 5) is 11.0. The number of carbonyl (C=O) groups is 1. The molecular formula is C16H16ClNO5. The Labute approximate surface area is 137 Å². The minimum absolute atomic E-state index is 0.0672. The molecule has 0 amide bonds. The van der Waals surface area contributed by atoms with Gasteiger partial charge in [-0.2, -0.15) is 0 Å². The lowest BCUT2D eigenvalue weighted by molar-refractivity contribution is 0.0686. The van der Waals surface area contributed by atoms with Gasteiger partial charge in [-0.15, -0.1) is 0 Å². The second kappa shape index (κ2) is 6.12. The van der Waals surface area contributed by atoms with Crippen LogP contribution in [0.15, 0.2) is 16.7 Å². The van der Waals surface area contributed by atoms with E-state index in [1.807, 2.05) is 13.8 Å². The number of benzene rings is 1. The van der Waals surface area contributed by atoms with E-state index in [9.17, 15) is 4.79 Å². The zero-order chi connectivity index (χ0) is 16.6. The maximum absolute atomic E-state index is 11.0. The first-order valence-corrected chi connectivity index (χ1v) is 7.69. The molecule has 2 heterocycles. The van der Waals surface area contributed by atoms with Crippen molar-refractivity contribution >= 4 is 17.6 Å². The zero-order valence-electron chi connectivity index (χ0n) is 12.8. The van der Waals surface area contributed by atoms with Gasteiger partial charge >= 0.3 is 5.97 Å². The molecule has 0 radical (unpaired) electrons. The van der Waals surface area contributed by atoms with Crippen LogP contribution < -0.4 is 9.47 Å². The highest BCUT2D eigenvalue weighted by molar-refractivity contribution is 6.33. The predicted octanol–water partition coefficient (Wildman–Crippen LogP) is 3.98. The fourth-order valence-electron chi connectivity index (χ4n) is 2.59. The minimum Gasteiger partial charge on any atom is -0.489 e. The largest absolute Gasteiger partial charge is 0.489 e. The molecule has 23 heavy (non-hydrogen) atoms. The number of carboxylic acids is 1. The van der Waals surface area contributed by atoms with Crippen LogP contribution in [0.5, 0.6) is 11.5 Å². The van der Waals surface area contributed by atoms with E-state index in [1.54, 1.807) is 6.07 Å². The highest BCUT2D eigenvalue weighted by Gasteiger charge is 2.27. The molecule has 7 heteroatoms. The van der Waals surface area contributed by atoms with Crippen LogP contribution in [0, 0.1) is 0 Å². The Morgan fingerprint density at radius 1 is 1.30 bits per heavy atom. The molecule has 122 valence electrons. The average molecular weight is 338 g/mol. The third-order valence-electron chi connectivity index (χ3n) is 3.58. The van der Waals surface area contributed by atoms with Gasteiger partial charge in [-0.3, -0.25) is 0 Å². The summed E-state index contributed by atoms with van der Waals surface area (Å²) in [5.41, 5.74) is 1.24. The topological polar surface area (TPSA) is 81.8 Å². The van der Waals surface area contributed by atoms with Crippen LogP contribution in [0.1, 0.15) is 42.2 Å². The number of halogens is 1. The number of aromatic nitrogens is 1. The van der Waals surface area contributed by atoms with Crippen molar-refractivity contribution in [1.29, 1.82) is 0 Å². The smallest absolute Gasteiger partial charge is 0.358 e. The molecule has 3 rings (SSSR count). The number of aromatic carboxylic acids is 1. The predicted molar refractivity (Wildman–Crippen MR) is 83.6 cm³/mol. The van der Waals surface area contributed by atoms with Crippen molar-refractivity contribution in [1.82, 2.24) is 5.16 Å². The van der Waals surface area contributed by atoms with Gasteiger partial charge in [0, 0.05) is 29.7 Å². The molecule has 1 N–H and O–H groups in total. The Morgan fingerprint density at radius 2 is 2.04 bits per heavy atom. The maximum atomic E-state index is 11.0. The van der Waals surface area contributed by atoms with E-state index in [-0.39, 0.29) is 11.6 Å². The van der Waals surface area contributed by atoms with E-state index in [1.165, 1.54) is 6.07 Å². The number of fused-ring (bicyclic) bond motifs is 1. The lowest BCUT2D eigenvalue weighted by Crippen LogP contribution is -2.02. The number of nitrogens with zero attached hydrogens (tertiary/aromatic N) is 1. The monoisotopic (exact) mass is 337 g/mol. The lowest BCUT2D eigenvalue weighted by Gasteiger charge is -2.19. The number of rotatable bonds is 3. The van der Waals surface area contributed by atoms with Gasteiger partial charge in [-0.25, -0.2) is 4.79 Å². The van der Waals surface area contributed by atoms with Crippen LogP contribution in [0.25, 0.3) is 11.3 Å². The van der Waals surface area contributed by atoms with Gasteiger partial charge in [0.1, 0.15) is 0 Å². The van der Waals surface area contributed by atoms with Crippen molar-refractivity contribution in [2.45, 2.75) is 26.2 Å². The van der Waals surface area contributed by atoms with E-state index in [4.69, 9.17) is 30.7 Å². The van der Waals surface area contributed by atoms with Gasteiger partial charge in [0.15, 0.2) is 23.0 Å². The van der Waals surface area contributed by atoms with Crippen LogP contribution in [0.4, 0.5) is 0 Å². The summed E-state index contributed by atoms with van der Waals surface area (Å²) in [5.74, 6) is 0.434. The quantitative estimate of drug-likeness (QED) is 0.912. The highest BCUT2D eigenvalue weighted by atomic mass is 35.5. The van der Waals surface area contributed by atoms with Crippen molar-refractivity contribution in [3.63, 3.8) is 0 Å². The summed E-state index contributed by atoms with van der Waals surface area (Å²) >= 11 is 6.42. The molecule has 1 aromatic carbocycles. The van der Waals surface area contributed by atoms with Gasteiger partial charge in [0.25, 0.3) is 0 Å². The SMILES string of the molecule is CC(C)c1c2c(cc(Cl)c1-c1cc(C(=O)O)no1)OCCCO2. The highest BCUT2D eigenvalue weighted by Crippen LogP contribution is 2.47. The van der Waals surface area contributed by atoms with E-state index >= 15 is 0 Å². The van der Waals surface area contributed by atoms with Crippen molar-refractivity contribution in [3.05, 3.63) is 28.4 Å². The van der Waals surface area contributed by atoms with E-state index in [0.29, 0.717) is 41.1 Å². The fraction of sp³-hybridized carbons (Fsp3) is 0.375. The van der Waals surface area contributed by atoms with Gasteiger partial charge in [-0.05, 0) is 5.92 Å². The summed E-state index contributed by atoms with van der Waals surface area (Å²) in [6, 6.07) is 3.03. The fourth-order valence-corrected chi connectivity index (χ4v) is 2.89. The second-order valence-corrected chi connectivity index (χ2v) is 5.97. The first-order chi connectivity index (χ1) is 11.0.